The van der Waals surface area contributed by atoms with Crippen LogP contribution >= 0.6 is 22.6 Å². The van der Waals surface area contributed by atoms with E-state index in [0.29, 0.717) is 5.95 Å². The van der Waals surface area contributed by atoms with Gasteiger partial charge in [-0.3, -0.25) is 0 Å². The van der Waals surface area contributed by atoms with Crippen LogP contribution in [0.4, 0.5) is 0 Å². The molecule has 2 rings (SSSR count). The zero-order valence-electron chi connectivity index (χ0n) is 5.40. The highest BCUT2D eigenvalue weighted by atomic mass is 127. The number of nitrogens with one attached hydrogen (secondary N) is 1. The average Bonchev–Trinajstić information content (AvgIpc) is 2.55. The van der Waals surface area contributed by atoms with Crippen molar-refractivity contribution in [2.24, 2.45) is 0 Å². The predicted molar refractivity (Wildman–Crippen MR) is 46.2 cm³/mol. The van der Waals surface area contributed by atoms with Crippen molar-refractivity contribution in [3.05, 3.63) is 22.3 Å². The molecule has 0 fully saturated rings. The number of rotatable bonds is 1. The molecule has 2 aromatic rings. The lowest BCUT2D eigenvalue weighted by atomic mass is 10.7. The van der Waals surface area contributed by atoms with Gasteiger partial charge in [-0.15, -0.1) is 0 Å². The summed E-state index contributed by atoms with van der Waals surface area (Å²) in [5.41, 5.74) is 0. The van der Waals surface area contributed by atoms with E-state index in [1.165, 1.54) is 6.33 Å². The minimum absolute atomic E-state index is 0.632. The molecule has 2 heterocycles. The molecule has 0 amide bonds. The second kappa shape index (κ2) is 2.61. The number of halogens is 1. The average molecular weight is 261 g/mol. The van der Waals surface area contributed by atoms with Crippen molar-refractivity contribution in [1.29, 1.82) is 0 Å². The van der Waals surface area contributed by atoms with Crippen LogP contribution < -0.4 is 0 Å². The third-order valence-corrected chi connectivity index (χ3v) is 1.73. The van der Waals surface area contributed by atoms with Crippen LogP contribution in [0.25, 0.3) is 5.95 Å². The van der Waals surface area contributed by atoms with E-state index in [-0.39, 0.29) is 0 Å². The van der Waals surface area contributed by atoms with E-state index in [1.807, 2.05) is 6.20 Å². The second-order valence-electron chi connectivity index (χ2n) is 1.91. The summed E-state index contributed by atoms with van der Waals surface area (Å²) in [4.78, 5) is 3.93. The molecular weight excluding hydrogens is 257 g/mol. The van der Waals surface area contributed by atoms with E-state index in [1.54, 1.807) is 10.9 Å². The van der Waals surface area contributed by atoms with Gasteiger partial charge in [-0.2, -0.15) is 15.2 Å². The Kier molecular flexibility index (Phi) is 1.60. The summed E-state index contributed by atoms with van der Waals surface area (Å²) in [5, 5.41) is 10.4. The third kappa shape index (κ3) is 1.25. The molecule has 0 spiro atoms. The van der Waals surface area contributed by atoms with Gasteiger partial charge in [0.15, 0.2) is 0 Å². The summed E-state index contributed by atoms with van der Waals surface area (Å²) in [6.45, 7) is 0. The maximum absolute atomic E-state index is 4.03. The number of hydrogen-bond acceptors (Lipinski definition) is 3. The number of H-pyrrole nitrogens is 1. The molecule has 0 aromatic carbocycles. The first-order valence-corrected chi connectivity index (χ1v) is 4.00. The fourth-order valence-electron chi connectivity index (χ4n) is 0.726. The van der Waals surface area contributed by atoms with Crippen LogP contribution in [0.2, 0.25) is 0 Å². The van der Waals surface area contributed by atoms with Gasteiger partial charge in [0.25, 0.3) is 0 Å². The van der Waals surface area contributed by atoms with Crippen molar-refractivity contribution < 1.29 is 0 Å². The molecule has 0 saturated heterocycles. The van der Waals surface area contributed by atoms with Gasteiger partial charge in [0, 0.05) is 6.20 Å². The summed E-state index contributed by atoms with van der Waals surface area (Å²) in [6.07, 6.45) is 5.06. The zero-order valence-corrected chi connectivity index (χ0v) is 7.56. The minimum Gasteiger partial charge on any atom is -0.244 e. The largest absolute Gasteiger partial charge is 0.246 e. The molecule has 0 saturated carbocycles. The van der Waals surface area contributed by atoms with E-state index >= 15 is 0 Å². The Morgan fingerprint density at radius 3 is 3.00 bits per heavy atom. The highest BCUT2D eigenvalue weighted by molar-refractivity contribution is 14.1. The standard InChI is InChI=1S/C5H4IN5/c6-4-1-9-11(2-4)5-7-3-8-10-5/h1-3H,(H,7,8,10). The van der Waals surface area contributed by atoms with Crippen LogP contribution in [0, 0.1) is 3.57 Å². The van der Waals surface area contributed by atoms with Crippen molar-refractivity contribution >= 4 is 22.6 Å². The highest BCUT2D eigenvalue weighted by Gasteiger charge is 1.99. The van der Waals surface area contributed by atoms with Crippen molar-refractivity contribution in [1.82, 2.24) is 25.0 Å². The summed E-state index contributed by atoms with van der Waals surface area (Å²) < 4.78 is 2.70. The molecule has 1 N–H and O–H groups in total. The minimum atomic E-state index is 0.632. The summed E-state index contributed by atoms with van der Waals surface area (Å²) in [6, 6.07) is 0. The van der Waals surface area contributed by atoms with Crippen LogP contribution in [0.3, 0.4) is 0 Å². The number of aromatic nitrogens is 5. The molecule has 6 heteroatoms. The van der Waals surface area contributed by atoms with E-state index < -0.39 is 0 Å². The van der Waals surface area contributed by atoms with Crippen molar-refractivity contribution in [3.63, 3.8) is 0 Å². The maximum Gasteiger partial charge on any atom is 0.246 e. The van der Waals surface area contributed by atoms with Crippen LogP contribution in [-0.4, -0.2) is 25.0 Å². The van der Waals surface area contributed by atoms with Gasteiger partial charge in [-0.05, 0) is 22.6 Å². The number of nitrogens with zero attached hydrogens (tertiary/aromatic N) is 4. The third-order valence-electron chi connectivity index (χ3n) is 1.17. The summed E-state index contributed by atoms with van der Waals surface area (Å²) >= 11 is 2.18. The lowest BCUT2D eigenvalue weighted by Crippen LogP contribution is -1.96. The molecule has 0 aliphatic heterocycles. The van der Waals surface area contributed by atoms with Gasteiger partial charge >= 0.3 is 0 Å². The van der Waals surface area contributed by atoms with Crippen LogP contribution in [0.1, 0.15) is 0 Å². The molecule has 0 bridgehead atoms. The normalized spacial score (nSPS) is 10.3. The first-order valence-electron chi connectivity index (χ1n) is 2.92. The van der Waals surface area contributed by atoms with Gasteiger partial charge in [-0.25, -0.2) is 9.78 Å². The lowest BCUT2D eigenvalue weighted by Gasteiger charge is -1.89. The van der Waals surface area contributed by atoms with Crippen molar-refractivity contribution in [2.45, 2.75) is 0 Å². The number of aromatic amines is 1. The van der Waals surface area contributed by atoms with Gasteiger partial charge < -0.3 is 0 Å². The molecule has 2 aromatic heterocycles. The van der Waals surface area contributed by atoms with Gasteiger partial charge in [0.2, 0.25) is 5.95 Å². The SMILES string of the molecule is Ic1cnn(-c2ncn[nH]2)c1. The first kappa shape index (κ1) is 6.77. The van der Waals surface area contributed by atoms with Crippen molar-refractivity contribution in [2.75, 3.05) is 0 Å². The van der Waals surface area contributed by atoms with E-state index in [0.717, 1.165) is 3.57 Å². The van der Waals surface area contributed by atoms with Crippen LogP contribution in [0.5, 0.6) is 0 Å². The molecular formula is C5H4IN5. The van der Waals surface area contributed by atoms with Gasteiger partial charge in [0.1, 0.15) is 6.33 Å². The molecule has 5 nitrogen and oxygen atoms in total. The van der Waals surface area contributed by atoms with E-state index in [9.17, 15) is 0 Å². The van der Waals surface area contributed by atoms with E-state index in [2.05, 4.69) is 42.9 Å². The van der Waals surface area contributed by atoms with Gasteiger partial charge in [-0.1, -0.05) is 0 Å². The van der Waals surface area contributed by atoms with E-state index in [4.69, 9.17) is 0 Å². The Morgan fingerprint density at radius 1 is 1.55 bits per heavy atom. The highest BCUT2D eigenvalue weighted by Crippen LogP contribution is 2.03. The van der Waals surface area contributed by atoms with Crippen molar-refractivity contribution in [3.8, 4) is 5.95 Å². The fourth-order valence-corrected chi connectivity index (χ4v) is 1.11. The monoisotopic (exact) mass is 261 g/mol. The Balaban J connectivity index is 2.45. The van der Waals surface area contributed by atoms with Crippen LogP contribution in [-0.2, 0) is 0 Å². The topological polar surface area (TPSA) is 59.4 Å². The molecule has 0 aliphatic carbocycles. The molecule has 0 unspecified atom stereocenters. The first-order chi connectivity index (χ1) is 5.36. The maximum atomic E-state index is 4.03. The fraction of sp³-hybridized carbons (Fsp3) is 0. The summed E-state index contributed by atoms with van der Waals surface area (Å²) in [7, 11) is 0. The Bertz CT molecular complexity index is 337. The zero-order chi connectivity index (χ0) is 7.68. The Labute approximate surface area is 76.0 Å². The smallest absolute Gasteiger partial charge is 0.244 e. The molecule has 0 radical (unpaired) electrons. The molecule has 56 valence electrons. The molecule has 0 aliphatic rings. The molecule has 0 atom stereocenters. The summed E-state index contributed by atoms with van der Waals surface area (Å²) in [5.74, 6) is 0.632. The van der Waals surface area contributed by atoms with Crippen LogP contribution in [0.15, 0.2) is 18.7 Å². The lowest BCUT2D eigenvalue weighted by molar-refractivity contribution is 0.813. The molecule has 11 heavy (non-hydrogen) atoms. The number of hydrogen-bond donors (Lipinski definition) is 1. The predicted octanol–water partition coefficient (Wildman–Crippen LogP) is 0.595. The van der Waals surface area contributed by atoms with Gasteiger partial charge in [0.05, 0.1) is 9.77 Å². The second-order valence-corrected chi connectivity index (χ2v) is 3.16. The quantitative estimate of drug-likeness (QED) is 0.764. The Morgan fingerprint density at radius 2 is 2.45 bits per heavy atom. The Hall–Kier alpha value is -0.920.